The molecule has 12 nitrogen and oxygen atoms in total. The van der Waals surface area contributed by atoms with Crippen LogP contribution in [0.3, 0.4) is 0 Å². The molecule has 0 aliphatic carbocycles. The van der Waals surface area contributed by atoms with Gasteiger partial charge in [0.2, 0.25) is 11.8 Å². The fourth-order valence-corrected chi connectivity index (χ4v) is 5.11. The minimum Gasteiger partial charge on any atom is -0.416 e. The lowest BCUT2D eigenvalue weighted by molar-refractivity contribution is -0.119. The molecule has 2 aromatic rings. The summed E-state index contributed by atoms with van der Waals surface area (Å²) in [5.41, 5.74) is 0. The first-order valence-corrected chi connectivity index (χ1v) is 14.5. The summed E-state index contributed by atoms with van der Waals surface area (Å²) >= 11 is -2.20. The van der Waals surface area contributed by atoms with E-state index >= 15 is 0 Å². The Morgan fingerprint density at radius 1 is 1.32 bits per heavy atom. The SMILES string of the molecule is CCOP(=O)(CC(=O)NCCOCN1CCNCC1)OC.O=S(O)c1cccc2c(OC(F)F)nccc12.[HH]. The van der Waals surface area contributed by atoms with Crippen LogP contribution in [0.2, 0.25) is 0 Å². The summed E-state index contributed by atoms with van der Waals surface area (Å²) in [5.74, 6) is -0.621. The third-order valence-corrected chi connectivity index (χ3v) is 7.73. The van der Waals surface area contributed by atoms with Crippen LogP contribution in [0.5, 0.6) is 5.88 Å². The first kappa shape index (κ1) is 32.1. The Morgan fingerprint density at radius 3 is 2.68 bits per heavy atom. The summed E-state index contributed by atoms with van der Waals surface area (Å²) in [7, 11) is -2.02. The number of rotatable bonds is 13. The molecule has 3 rings (SSSR count). The van der Waals surface area contributed by atoms with Gasteiger partial charge in [0.15, 0.2) is 11.1 Å². The minimum absolute atomic E-state index is 0. The van der Waals surface area contributed by atoms with Crippen LogP contribution in [-0.4, -0.2) is 97.1 Å². The van der Waals surface area contributed by atoms with Crippen molar-refractivity contribution in [2.45, 2.75) is 18.4 Å². The lowest BCUT2D eigenvalue weighted by Gasteiger charge is -2.26. The molecular formula is C22H35F2N4O8PS. The molecule has 0 radical (unpaired) electrons. The van der Waals surface area contributed by atoms with E-state index in [4.69, 9.17) is 18.3 Å². The van der Waals surface area contributed by atoms with Crippen molar-refractivity contribution in [3.63, 3.8) is 0 Å². The van der Waals surface area contributed by atoms with Gasteiger partial charge in [0.1, 0.15) is 6.16 Å². The first-order valence-electron chi connectivity index (χ1n) is 11.7. The van der Waals surface area contributed by atoms with E-state index in [-0.39, 0.29) is 36.3 Å². The molecule has 1 aliphatic heterocycles. The molecular weight excluding hydrogens is 549 g/mol. The second kappa shape index (κ2) is 16.8. The van der Waals surface area contributed by atoms with Gasteiger partial charge < -0.3 is 33.7 Å². The van der Waals surface area contributed by atoms with Gasteiger partial charge in [0, 0.05) is 58.2 Å². The molecule has 0 bridgehead atoms. The number of pyridine rings is 1. The molecule has 0 saturated carbocycles. The highest BCUT2D eigenvalue weighted by molar-refractivity contribution is 7.79. The number of alkyl halides is 2. The smallest absolute Gasteiger partial charge is 0.388 e. The highest BCUT2D eigenvalue weighted by Gasteiger charge is 2.26. The van der Waals surface area contributed by atoms with E-state index in [0.29, 0.717) is 25.3 Å². The average Bonchev–Trinajstić information content (AvgIpc) is 2.89. The molecule has 3 N–H and O–H groups in total. The number of hydrogen-bond acceptors (Lipinski definition) is 10. The molecule has 2 unspecified atom stereocenters. The van der Waals surface area contributed by atoms with E-state index in [0.717, 1.165) is 26.2 Å². The molecule has 38 heavy (non-hydrogen) atoms. The van der Waals surface area contributed by atoms with Gasteiger partial charge >= 0.3 is 14.2 Å². The van der Waals surface area contributed by atoms with Gasteiger partial charge in [-0.25, -0.2) is 9.19 Å². The lowest BCUT2D eigenvalue weighted by atomic mass is 10.2. The highest BCUT2D eigenvalue weighted by Crippen LogP contribution is 2.46. The molecule has 1 amide bonds. The standard InChI is InChI=1S/C12H26N3O5P.C10H7F2NO3S.H2/c1-3-20-21(17,18-2)10-12(16)14-6-9-19-11-15-7-4-13-5-8-15;11-10(12)16-9-7-2-1-3-8(17(14)15)6(7)4-5-13-9;/h13H,3-11H2,1-2H3,(H,14,16);1-5,10H,(H,14,15);1H. The van der Waals surface area contributed by atoms with Crippen LogP contribution in [-0.2, 0) is 34.2 Å². The molecule has 2 atom stereocenters. The monoisotopic (exact) mass is 584 g/mol. The van der Waals surface area contributed by atoms with Crippen LogP contribution in [0.15, 0.2) is 35.4 Å². The number of nitrogens with zero attached hydrogens (tertiary/aromatic N) is 2. The number of amides is 1. The maximum absolute atomic E-state index is 12.1. The van der Waals surface area contributed by atoms with Crippen molar-refractivity contribution in [3.8, 4) is 5.88 Å². The predicted molar refractivity (Wildman–Crippen MR) is 139 cm³/mol. The van der Waals surface area contributed by atoms with Crippen molar-refractivity contribution in [2.75, 3.05) is 65.9 Å². The van der Waals surface area contributed by atoms with Crippen molar-refractivity contribution in [3.05, 3.63) is 30.5 Å². The number of halogens is 2. The van der Waals surface area contributed by atoms with Crippen LogP contribution in [0, 0.1) is 0 Å². The second-order valence-corrected chi connectivity index (χ2v) is 10.8. The van der Waals surface area contributed by atoms with Crippen LogP contribution in [0.25, 0.3) is 10.8 Å². The maximum Gasteiger partial charge on any atom is 0.388 e. The van der Waals surface area contributed by atoms with Crippen LogP contribution in [0.1, 0.15) is 8.35 Å². The Kier molecular flexibility index (Phi) is 14.2. The zero-order valence-corrected chi connectivity index (χ0v) is 22.8. The van der Waals surface area contributed by atoms with Crippen LogP contribution in [0.4, 0.5) is 8.78 Å². The fraction of sp³-hybridized carbons (Fsp3) is 0.545. The molecule has 16 heteroatoms. The molecule has 216 valence electrons. The summed E-state index contributed by atoms with van der Waals surface area (Å²) in [5, 5.41) is 6.54. The van der Waals surface area contributed by atoms with Crippen molar-refractivity contribution in [1.29, 1.82) is 0 Å². The summed E-state index contributed by atoms with van der Waals surface area (Å²) < 4.78 is 75.8. The molecule has 1 saturated heterocycles. The maximum atomic E-state index is 12.1. The molecule has 1 aromatic heterocycles. The van der Waals surface area contributed by atoms with Gasteiger partial charge in [0.25, 0.3) is 0 Å². The van der Waals surface area contributed by atoms with Gasteiger partial charge in [-0.05, 0) is 25.1 Å². The number of carbonyl (C=O) groups is 1. The number of carbonyl (C=O) groups excluding carboxylic acids is 1. The topological polar surface area (TPSA) is 149 Å². The second-order valence-electron chi connectivity index (χ2n) is 7.72. The highest BCUT2D eigenvalue weighted by atomic mass is 32.2. The van der Waals surface area contributed by atoms with Crippen molar-refractivity contribution in [1.82, 2.24) is 20.5 Å². The van der Waals surface area contributed by atoms with E-state index in [9.17, 15) is 22.3 Å². The molecule has 1 aliphatic rings. The number of nitrogens with one attached hydrogen (secondary N) is 2. The Balaban J connectivity index is 0.000000387. The number of ether oxygens (including phenoxy) is 2. The number of aromatic nitrogens is 1. The molecule has 1 aromatic carbocycles. The van der Waals surface area contributed by atoms with E-state index in [1.807, 2.05) is 0 Å². The van der Waals surface area contributed by atoms with Crippen LogP contribution < -0.4 is 15.4 Å². The van der Waals surface area contributed by atoms with Crippen molar-refractivity contribution >= 4 is 35.4 Å². The Hall–Kier alpha value is -2.10. The normalized spacial score (nSPS) is 16.4. The van der Waals surface area contributed by atoms with E-state index in [2.05, 4.69) is 25.3 Å². The number of fused-ring (bicyclic) bond motifs is 1. The van der Waals surface area contributed by atoms with Gasteiger partial charge in [-0.3, -0.25) is 14.3 Å². The molecule has 1 fully saturated rings. The average molecular weight is 585 g/mol. The quantitative estimate of drug-likeness (QED) is 0.181. The number of piperazine rings is 1. The molecule has 0 spiro atoms. The van der Waals surface area contributed by atoms with Crippen molar-refractivity contribution < 1.29 is 46.8 Å². The summed E-state index contributed by atoms with van der Waals surface area (Å²) in [6.45, 7) is 4.20. The third kappa shape index (κ3) is 10.9. The van der Waals surface area contributed by atoms with E-state index in [1.165, 1.54) is 37.6 Å². The largest absolute Gasteiger partial charge is 0.416 e. The Bertz CT molecular complexity index is 1100. The fourth-order valence-electron chi connectivity index (χ4n) is 3.37. The molecule has 2 heterocycles. The number of hydrogen-bond donors (Lipinski definition) is 3. The summed E-state index contributed by atoms with van der Waals surface area (Å²) in [4.78, 5) is 17.6. The Labute approximate surface area is 223 Å². The van der Waals surface area contributed by atoms with Gasteiger partial charge in [-0.15, -0.1) is 0 Å². The zero-order chi connectivity index (χ0) is 28.0. The van der Waals surface area contributed by atoms with E-state index in [1.54, 1.807) is 6.92 Å². The number of benzene rings is 1. The summed E-state index contributed by atoms with van der Waals surface area (Å²) in [6.07, 6.45) is 0.978. The van der Waals surface area contributed by atoms with Gasteiger partial charge in [-0.1, -0.05) is 6.07 Å². The van der Waals surface area contributed by atoms with Crippen LogP contribution >= 0.6 is 7.60 Å². The zero-order valence-electron chi connectivity index (χ0n) is 21.1. The van der Waals surface area contributed by atoms with Gasteiger partial charge in [-0.2, -0.15) is 8.78 Å². The lowest BCUT2D eigenvalue weighted by Crippen LogP contribution is -2.44. The van der Waals surface area contributed by atoms with Gasteiger partial charge in [0.05, 0.1) is 24.8 Å². The van der Waals surface area contributed by atoms with E-state index < -0.39 is 25.3 Å². The predicted octanol–water partition coefficient (Wildman–Crippen LogP) is 2.52. The van der Waals surface area contributed by atoms with Crippen molar-refractivity contribution in [2.24, 2.45) is 0 Å². The Morgan fingerprint density at radius 2 is 2.05 bits per heavy atom. The first-order chi connectivity index (χ1) is 18.2. The minimum atomic E-state index is -3.30. The third-order valence-electron chi connectivity index (χ3n) is 5.11. The summed E-state index contributed by atoms with van der Waals surface area (Å²) in [6, 6.07) is 5.88.